The summed E-state index contributed by atoms with van der Waals surface area (Å²) in [6.45, 7) is 1.87. The number of alkyl halides is 1. The molecule has 0 aromatic heterocycles. The van der Waals surface area contributed by atoms with Gasteiger partial charge in [0.1, 0.15) is 0 Å². The second-order valence-corrected chi connectivity index (χ2v) is 2.68. The van der Waals surface area contributed by atoms with Crippen molar-refractivity contribution >= 4 is 17.5 Å². The van der Waals surface area contributed by atoms with Gasteiger partial charge in [0.2, 0.25) is 0 Å². The summed E-state index contributed by atoms with van der Waals surface area (Å²) < 4.78 is 0. The van der Waals surface area contributed by atoms with Crippen LogP contribution in [0.25, 0.3) is 0 Å². The first-order valence-corrected chi connectivity index (χ1v) is 3.37. The summed E-state index contributed by atoms with van der Waals surface area (Å²) in [4.78, 5) is 3.46. The molecule has 0 N–H and O–H groups in total. The highest BCUT2D eigenvalue weighted by Gasteiger charge is 1.93. The van der Waals surface area contributed by atoms with Gasteiger partial charge in [-0.2, -0.15) is 0 Å². The average Bonchev–Trinajstić information content (AvgIpc) is 1.83. The molecule has 0 aliphatic carbocycles. The number of aliphatic imine (C=N–C) groups is 1. The maximum atomic E-state index is 10.5. The normalized spacial score (nSPS) is 15.7. The van der Waals surface area contributed by atoms with Crippen molar-refractivity contribution in [1.29, 1.82) is 0 Å². The van der Waals surface area contributed by atoms with Gasteiger partial charge in [-0.1, -0.05) is 0 Å². The molecule has 0 aliphatic rings. The molecule has 1 unspecified atom stereocenters. The monoisotopic (exact) mass is 148 g/mol. The molecular weight excluding hydrogens is 138 g/mol. The van der Waals surface area contributed by atoms with Crippen LogP contribution < -0.4 is 5.11 Å². The third-order valence-electron chi connectivity index (χ3n) is 1.01. The molecule has 9 heavy (non-hydrogen) atoms. The van der Waals surface area contributed by atoms with E-state index >= 15 is 0 Å². The van der Waals surface area contributed by atoms with Crippen molar-refractivity contribution < 1.29 is 5.11 Å². The van der Waals surface area contributed by atoms with Crippen LogP contribution in [0, 0.1) is 0 Å². The molecule has 0 fully saturated rings. The molecular formula is C6H11ClNO-. The molecule has 54 valence electrons. The highest BCUT2D eigenvalue weighted by molar-refractivity contribution is 6.20. The van der Waals surface area contributed by atoms with Crippen molar-refractivity contribution in [2.75, 3.05) is 7.05 Å². The van der Waals surface area contributed by atoms with Gasteiger partial charge in [-0.15, -0.1) is 11.6 Å². The molecule has 0 bridgehead atoms. The lowest BCUT2D eigenvalue weighted by atomic mass is 10.2. The predicted octanol–water partition coefficient (Wildman–Crippen LogP) is 0.782. The summed E-state index contributed by atoms with van der Waals surface area (Å²) in [5.74, 6) is -0.0671. The Bertz CT molecular complexity index is 101. The molecule has 3 heteroatoms. The van der Waals surface area contributed by atoms with E-state index in [-0.39, 0.29) is 11.3 Å². The van der Waals surface area contributed by atoms with Crippen molar-refractivity contribution in [1.82, 2.24) is 0 Å². The first kappa shape index (κ1) is 8.76. The molecule has 0 heterocycles. The summed E-state index contributed by atoms with van der Waals surface area (Å²) in [6, 6.07) is 0. The zero-order valence-electron chi connectivity index (χ0n) is 5.72. The SMILES string of the molecule is CN=C([O-])CCC(C)Cl. The van der Waals surface area contributed by atoms with Crippen LogP contribution in [0.5, 0.6) is 0 Å². The molecule has 0 saturated carbocycles. The van der Waals surface area contributed by atoms with E-state index in [9.17, 15) is 5.11 Å². The Kier molecular flexibility index (Phi) is 4.50. The molecule has 0 rings (SSSR count). The van der Waals surface area contributed by atoms with Crippen LogP contribution in [0.2, 0.25) is 0 Å². The summed E-state index contributed by atoms with van der Waals surface area (Å²) in [5, 5.41) is 10.6. The highest BCUT2D eigenvalue weighted by atomic mass is 35.5. The van der Waals surface area contributed by atoms with Crippen LogP contribution in [-0.4, -0.2) is 18.3 Å². The Morgan fingerprint density at radius 2 is 2.33 bits per heavy atom. The van der Waals surface area contributed by atoms with Gasteiger partial charge in [-0.25, -0.2) is 0 Å². The topological polar surface area (TPSA) is 35.4 Å². The number of hydrogen-bond donors (Lipinski definition) is 0. The summed E-state index contributed by atoms with van der Waals surface area (Å²) in [6.07, 6.45) is 1.19. The number of halogens is 1. The first-order chi connectivity index (χ1) is 4.16. The van der Waals surface area contributed by atoms with E-state index in [2.05, 4.69) is 4.99 Å². The fourth-order valence-corrected chi connectivity index (χ4v) is 0.543. The molecule has 0 aromatic carbocycles. The highest BCUT2D eigenvalue weighted by Crippen LogP contribution is 2.02. The van der Waals surface area contributed by atoms with Crippen LogP contribution in [0.1, 0.15) is 19.8 Å². The summed E-state index contributed by atoms with van der Waals surface area (Å²) in [7, 11) is 1.50. The molecule has 0 spiro atoms. The minimum Gasteiger partial charge on any atom is -0.862 e. The van der Waals surface area contributed by atoms with Gasteiger partial charge < -0.3 is 10.1 Å². The van der Waals surface area contributed by atoms with E-state index in [4.69, 9.17) is 11.6 Å². The van der Waals surface area contributed by atoms with Crippen molar-refractivity contribution in [3.63, 3.8) is 0 Å². The summed E-state index contributed by atoms with van der Waals surface area (Å²) >= 11 is 5.58. The fraction of sp³-hybridized carbons (Fsp3) is 0.833. The van der Waals surface area contributed by atoms with E-state index in [1.165, 1.54) is 7.05 Å². The number of rotatable bonds is 3. The van der Waals surface area contributed by atoms with Gasteiger partial charge in [0.15, 0.2) is 0 Å². The predicted molar refractivity (Wildman–Crippen MR) is 37.9 cm³/mol. The standard InChI is InChI=1S/C6H12ClNO/c1-5(7)3-4-6(9)8-2/h5H,3-4H2,1-2H3,(H,8,9)/p-1. The van der Waals surface area contributed by atoms with E-state index in [0.29, 0.717) is 6.42 Å². The van der Waals surface area contributed by atoms with Crippen molar-refractivity contribution in [2.24, 2.45) is 4.99 Å². The Morgan fingerprint density at radius 3 is 2.67 bits per heavy atom. The molecule has 2 nitrogen and oxygen atoms in total. The van der Waals surface area contributed by atoms with Crippen molar-refractivity contribution in [3.05, 3.63) is 0 Å². The smallest absolute Gasteiger partial charge is 0.0311 e. The molecule has 0 amide bonds. The van der Waals surface area contributed by atoms with Gasteiger partial charge in [0.05, 0.1) is 0 Å². The van der Waals surface area contributed by atoms with Crippen LogP contribution in [0.15, 0.2) is 4.99 Å². The maximum Gasteiger partial charge on any atom is 0.0311 e. The molecule has 0 saturated heterocycles. The minimum atomic E-state index is -0.0671. The number of hydrogen-bond acceptors (Lipinski definition) is 2. The molecule has 1 atom stereocenters. The Labute approximate surface area is 60.6 Å². The van der Waals surface area contributed by atoms with E-state index in [1.807, 2.05) is 6.92 Å². The van der Waals surface area contributed by atoms with Gasteiger partial charge in [0, 0.05) is 12.4 Å². The molecule has 0 aliphatic heterocycles. The zero-order chi connectivity index (χ0) is 7.28. The Balaban J connectivity index is 3.28. The van der Waals surface area contributed by atoms with E-state index in [0.717, 1.165) is 6.42 Å². The Hall–Kier alpha value is -0.240. The van der Waals surface area contributed by atoms with Gasteiger partial charge in [-0.05, 0) is 25.7 Å². The van der Waals surface area contributed by atoms with Crippen LogP contribution in [0.4, 0.5) is 0 Å². The lowest BCUT2D eigenvalue weighted by Crippen LogP contribution is -2.17. The van der Waals surface area contributed by atoms with Crippen LogP contribution in [-0.2, 0) is 0 Å². The van der Waals surface area contributed by atoms with Crippen molar-refractivity contribution in [2.45, 2.75) is 25.1 Å². The van der Waals surface area contributed by atoms with Gasteiger partial charge >= 0.3 is 0 Å². The first-order valence-electron chi connectivity index (χ1n) is 2.93. The lowest BCUT2D eigenvalue weighted by Gasteiger charge is -2.08. The fourth-order valence-electron chi connectivity index (χ4n) is 0.434. The summed E-state index contributed by atoms with van der Waals surface area (Å²) in [5.41, 5.74) is 0. The maximum absolute atomic E-state index is 10.5. The third-order valence-corrected chi connectivity index (χ3v) is 1.22. The average molecular weight is 149 g/mol. The van der Waals surface area contributed by atoms with Gasteiger partial charge in [0.25, 0.3) is 0 Å². The number of nitrogens with zero attached hydrogens (tertiary/aromatic N) is 1. The second-order valence-electron chi connectivity index (χ2n) is 1.94. The molecule has 0 aromatic rings. The minimum absolute atomic E-state index is 0.0671. The molecule has 0 radical (unpaired) electrons. The van der Waals surface area contributed by atoms with Crippen LogP contribution in [0.3, 0.4) is 0 Å². The van der Waals surface area contributed by atoms with E-state index in [1.54, 1.807) is 0 Å². The van der Waals surface area contributed by atoms with Crippen molar-refractivity contribution in [3.8, 4) is 0 Å². The third kappa shape index (κ3) is 5.63. The second kappa shape index (κ2) is 4.62. The largest absolute Gasteiger partial charge is 0.862 e. The zero-order valence-corrected chi connectivity index (χ0v) is 6.48. The van der Waals surface area contributed by atoms with Gasteiger partial charge in [-0.3, -0.25) is 0 Å². The van der Waals surface area contributed by atoms with Crippen LogP contribution >= 0.6 is 11.6 Å². The lowest BCUT2D eigenvalue weighted by molar-refractivity contribution is -0.218. The quantitative estimate of drug-likeness (QED) is 0.331. The Morgan fingerprint density at radius 1 is 1.78 bits per heavy atom. The van der Waals surface area contributed by atoms with E-state index < -0.39 is 0 Å².